The van der Waals surface area contributed by atoms with Crippen molar-refractivity contribution in [1.29, 1.82) is 0 Å². The van der Waals surface area contributed by atoms with Gasteiger partial charge in [0.1, 0.15) is 0 Å². The van der Waals surface area contributed by atoms with Gasteiger partial charge in [0, 0.05) is 0 Å². The lowest BCUT2D eigenvalue weighted by Crippen LogP contribution is -2.19. The first kappa shape index (κ1) is 5.45. The summed E-state index contributed by atoms with van der Waals surface area (Å²) in [5, 5.41) is 0. The minimum Gasteiger partial charge on any atom is -0.331 e. The molecule has 0 aliphatic carbocycles. The van der Waals surface area contributed by atoms with Crippen molar-refractivity contribution in [3.8, 4) is 0 Å². The highest BCUT2D eigenvalue weighted by molar-refractivity contribution is 6.92. The SMILES string of the molecule is ClBN1CCCC1. The fourth-order valence-corrected chi connectivity index (χ4v) is 1.14. The minimum absolute atomic E-state index is 0.722. The van der Waals surface area contributed by atoms with Crippen molar-refractivity contribution < 1.29 is 0 Å². The molecule has 0 N–H and O–H groups in total. The molecule has 0 unspecified atom stereocenters. The highest BCUT2D eigenvalue weighted by atomic mass is 35.5. The first-order chi connectivity index (χ1) is 3.43. The molecule has 1 aliphatic rings. The van der Waals surface area contributed by atoms with E-state index in [4.69, 9.17) is 11.5 Å². The quantitative estimate of drug-likeness (QED) is 0.454. The smallest absolute Gasteiger partial charge is 0.313 e. The zero-order valence-electron chi connectivity index (χ0n) is 4.36. The van der Waals surface area contributed by atoms with E-state index in [0.717, 1.165) is 6.83 Å². The third-order valence-corrected chi connectivity index (χ3v) is 1.71. The molecular formula is C4H9BClN. The van der Waals surface area contributed by atoms with E-state index in [1.165, 1.54) is 25.9 Å². The van der Waals surface area contributed by atoms with Gasteiger partial charge in [-0.1, -0.05) is 0 Å². The van der Waals surface area contributed by atoms with Crippen LogP contribution in [-0.2, 0) is 0 Å². The maximum absolute atomic E-state index is 5.53. The molecule has 0 atom stereocenters. The largest absolute Gasteiger partial charge is 0.331 e. The molecule has 0 bridgehead atoms. The van der Waals surface area contributed by atoms with E-state index in [2.05, 4.69) is 4.81 Å². The number of hydrogen-bond donors (Lipinski definition) is 0. The summed E-state index contributed by atoms with van der Waals surface area (Å²) in [4.78, 5) is 2.25. The van der Waals surface area contributed by atoms with Crippen molar-refractivity contribution >= 4 is 18.3 Å². The van der Waals surface area contributed by atoms with Crippen molar-refractivity contribution in [3.05, 3.63) is 0 Å². The molecule has 1 rings (SSSR count). The molecule has 1 fully saturated rings. The van der Waals surface area contributed by atoms with E-state index in [9.17, 15) is 0 Å². The van der Waals surface area contributed by atoms with Gasteiger partial charge in [0.2, 0.25) is 0 Å². The molecule has 0 radical (unpaired) electrons. The van der Waals surface area contributed by atoms with E-state index < -0.39 is 0 Å². The fourth-order valence-electron chi connectivity index (χ4n) is 0.902. The van der Waals surface area contributed by atoms with Crippen LogP contribution >= 0.6 is 11.5 Å². The van der Waals surface area contributed by atoms with Crippen molar-refractivity contribution in [2.75, 3.05) is 13.1 Å². The van der Waals surface area contributed by atoms with Gasteiger partial charge in [-0.3, -0.25) is 0 Å². The number of nitrogens with zero attached hydrogens (tertiary/aromatic N) is 1. The topological polar surface area (TPSA) is 3.24 Å². The van der Waals surface area contributed by atoms with E-state index in [0.29, 0.717) is 0 Å². The van der Waals surface area contributed by atoms with Gasteiger partial charge >= 0.3 is 6.83 Å². The molecule has 0 amide bonds. The van der Waals surface area contributed by atoms with Crippen LogP contribution in [-0.4, -0.2) is 24.7 Å². The van der Waals surface area contributed by atoms with Crippen molar-refractivity contribution in [2.45, 2.75) is 12.8 Å². The summed E-state index contributed by atoms with van der Waals surface area (Å²) in [6, 6.07) is 0. The molecule has 1 aliphatic heterocycles. The molecule has 1 heterocycles. The van der Waals surface area contributed by atoms with Gasteiger partial charge in [-0.25, -0.2) is 0 Å². The third-order valence-electron chi connectivity index (χ3n) is 1.37. The van der Waals surface area contributed by atoms with E-state index in [1.54, 1.807) is 0 Å². The van der Waals surface area contributed by atoms with Crippen molar-refractivity contribution in [1.82, 2.24) is 4.81 Å². The number of halogens is 1. The summed E-state index contributed by atoms with van der Waals surface area (Å²) in [6.45, 7) is 3.15. The second-order valence-corrected chi connectivity index (χ2v) is 2.18. The molecule has 0 aromatic rings. The Bertz CT molecular complexity index is 53.7. The molecule has 0 aromatic heterocycles. The van der Waals surface area contributed by atoms with Gasteiger partial charge in [-0.15, -0.1) is 0 Å². The predicted molar refractivity (Wildman–Crippen MR) is 33.8 cm³/mol. The first-order valence-corrected chi connectivity index (χ1v) is 3.25. The van der Waals surface area contributed by atoms with Crippen molar-refractivity contribution in [2.24, 2.45) is 0 Å². The van der Waals surface area contributed by atoms with Crippen LogP contribution in [0.4, 0.5) is 0 Å². The summed E-state index contributed by atoms with van der Waals surface area (Å²) < 4.78 is 0. The first-order valence-electron chi connectivity index (χ1n) is 2.72. The van der Waals surface area contributed by atoms with Gasteiger partial charge in [0.15, 0.2) is 0 Å². The molecule has 1 nitrogen and oxygen atoms in total. The molecule has 3 heteroatoms. The molecule has 40 valence electrons. The Kier molecular flexibility index (Phi) is 2.01. The van der Waals surface area contributed by atoms with Crippen LogP contribution in [0.3, 0.4) is 0 Å². The van der Waals surface area contributed by atoms with Crippen LogP contribution in [0.5, 0.6) is 0 Å². The third kappa shape index (κ3) is 1.36. The van der Waals surface area contributed by atoms with Gasteiger partial charge in [-0.2, -0.15) is 11.5 Å². The monoisotopic (exact) mass is 117 g/mol. The molecule has 0 saturated carbocycles. The van der Waals surface area contributed by atoms with Crippen LogP contribution < -0.4 is 0 Å². The Morgan fingerprint density at radius 3 is 2.14 bits per heavy atom. The fraction of sp³-hybridized carbons (Fsp3) is 1.00. The maximum atomic E-state index is 5.53. The van der Waals surface area contributed by atoms with Gasteiger partial charge < -0.3 is 4.81 Å². The Morgan fingerprint density at radius 2 is 1.86 bits per heavy atom. The molecular weight excluding hydrogens is 108 g/mol. The van der Waals surface area contributed by atoms with Gasteiger partial charge in [0.05, 0.1) is 0 Å². The summed E-state index contributed by atoms with van der Waals surface area (Å²) in [6.07, 6.45) is 2.68. The second kappa shape index (κ2) is 2.58. The van der Waals surface area contributed by atoms with Crippen LogP contribution in [0.1, 0.15) is 12.8 Å². The van der Waals surface area contributed by atoms with Crippen LogP contribution in [0.2, 0.25) is 0 Å². The lowest BCUT2D eigenvalue weighted by atomic mass is 10.3. The standard InChI is InChI=1S/C4H9BClN/c6-5-7-3-1-2-4-7/h5H,1-4H2. The summed E-state index contributed by atoms with van der Waals surface area (Å²) in [5.41, 5.74) is 0. The second-order valence-electron chi connectivity index (χ2n) is 1.94. The highest BCUT2D eigenvalue weighted by Gasteiger charge is 2.09. The summed E-state index contributed by atoms with van der Waals surface area (Å²) in [7, 11) is 0. The minimum atomic E-state index is 0.722. The predicted octanol–water partition coefficient (Wildman–Crippen LogP) is 0.588. The Balaban J connectivity index is 2.14. The van der Waals surface area contributed by atoms with Gasteiger partial charge in [0.25, 0.3) is 0 Å². The lowest BCUT2D eigenvalue weighted by Gasteiger charge is -2.05. The molecule has 1 saturated heterocycles. The van der Waals surface area contributed by atoms with E-state index >= 15 is 0 Å². The van der Waals surface area contributed by atoms with Crippen LogP contribution in [0, 0.1) is 0 Å². The van der Waals surface area contributed by atoms with E-state index in [-0.39, 0.29) is 0 Å². The Labute approximate surface area is 49.8 Å². The molecule has 7 heavy (non-hydrogen) atoms. The highest BCUT2D eigenvalue weighted by Crippen LogP contribution is 2.05. The molecule has 0 aromatic carbocycles. The van der Waals surface area contributed by atoms with Crippen LogP contribution in [0.15, 0.2) is 0 Å². The average molecular weight is 117 g/mol. The number of rotatable bonds is 1. The average Bonchev–Trinajstić information content (AvgIpc) is 2.14. The van der Waals surface area contributed by atoms with Crippen LogP contribution in [0.25, 0.3) is 0 Å². The lowest BCUT2D eigenvalue weighted by molar-refractivity contribution is 0.561. The molecule has 0 spiro atoms. The maximum Gasteiger partial charge on any atom is 0.313 e. The summed E-state index contributed by atoms with van der Waals surface area (Å²) in [5.74, 6) is 0. The Hall–Kier alpha value is 0.315. The van der Waals surface area contributed by atoms with E-state index in [1.807, 2.05) is 0 Å². The number of hydrogen-bond acceptors (Lipinski definition) is 1. The Morgan fingerprint density at radius 1 is 1.29 bits per heavy atom. The van der Waals surface area contributed by atoms with Crippen molar-refractivity contribution in [3.63, 3.8) is 0 Å². The zero-order chi connectivity index (χ0) is 5.11. The normalized spacial score (nSPS) is 23.0. The van der Waals surface area contributed by atoms with Gasteiger partial charge in [-0.05, 0) is 25.9 Å². The summed E-state index contributed by atoms with van der Waals surface area (Å²) >= 11 is 5.53. The zero-order valence-corrected chi connectivity index (χ0v) is 5.12.